The lowest BCUT2D eigenvalue weighted by molar-refractivity contribution is -0.116. The summed E-state index contributed by atoms with van der Waals surface area (Å²) in [6.45, 7) is 2.69. The quantitative estimate of drug-likeness (QED) is 0.612. The maximum Gasteiger partial charge on any atom is 0.276 e. The molecule has 4 aliphatic rings. The fourth-order valence-corrected chi connectivity index (χ4v) is 6.73. The third kappa shape index (κ3) is 4.76. The van der Waals surface area contributed by atoms with Gasteiger partial charge in [-0.25, -0.2) is 4.98 Å². The van der Waals surface area contributed by atoms with Gasteiger partial charge in [0.25, 0.3) is 11.8 Å². The Hall–Kier alpha value is -3.19. The van der Waals surface area contributed by atoms with E-state index in [0.29, 0.717) is 24.2 Å². The highest BCUT2D eigenvalue weighted by atomic mass is 32.2. The maximum absolute atomic E-state index is 13.8. The van der Waals surface area contributed by atoms with E-state index in [9.17, 15) is 9.59 Å². The summed E-state index contributed by atoms with van der Waals surface area (Å²) in [5.74, 6) is 0.505. The monoisotopic (exact) mass is 498 g/mol. The lowest BCUT2D eigenvalue weighted by Gasteiger charge is -2.24. The van der Waals surface area contributed by atoms with Crippen LogP contribution in [-0.2, 0) is 11.2 Å². The Bertz CT molecular complexity index is 1300. The van der Waals surface area contributed by atoms with Crippen molar-refractivity contribution in [2.45, 2.75) is 50.3 Å². The van der Waals surface area contributed by atoms with Gasteiger partial charge in [-0.2, -0.15) is 0 Å². The second-order valence-electron chi connectivity index (χ2n) is 10.2. The summed E-state index contributed by atoms with van der Waals surface area (Å²) >= 11 is 1.64. The van der Waals surface area contributed by atoms with E-state index in [0.717, 1.165) is 54.0 Å². The van der Waals surface area contributed by atoms with Crippen molar-refractivity contribution in [1.29, 1.82) is 0 Å². The number of carbonyl (C=O) groups is 2. The van der Waals surface area contributed by atoms with Crippen LogP contribution in [0.3, 0.4) is 0 Å². The standard InChI is InChI=1S/C29H30N4O2S/c1-18-13-19(17-30-16-18)14-22-5-4-7-24(31-22)29(35)33-12-11-20-15-26(28(34)32-21-9-10-21)36-27(20)23-6-2-3-8-25(23)33/h2-8,15-17,19-21,27H,9-14H2,1H3,(H,32,34). The number of carbonyl (C=O) groups excluding carboxylic acids is 2. The number of fused-ring (bicyclic) bond motifs is 3. The van der Waals surface area contributed by atoms with Crippen molar-refractivity contribution in [3.8, 4) is 0 Å². The molecule has 1 fully saturated rings. The first-order chi connectivity index (χ1) is 17.5. The lowest BCUT2D eigenvalue weighted by atomic mass is 9.95. The van der Waals surface area contributed by atoms with Gasteiger partial charge in [-0.1, -0.05) is 35.9 Å². The number of rotatable bonds is 5. The molecule has 2 aromatic rings. The van der Waals surface area contributed by atoms with Crippen LogP contribution in [0.2, 0.25) is 0 Å². The van der Waals surface area contributed by atoms with Crippen molar-refractivity contribution in [2.75, 3.05) is 11.4 Å². The second-order valence-corrected chi connectivity index (χ2v) is 11.4. The van der Waals surface area contributed by atoms with E-state index in [2.05, 4.69) is 29.4 Å². The van der Waals surface area contributed by atoms with Crippen LogP contribution in [0.25, 0.3) is 0 Å². The third-order valence-electron chi connectivity index (χ3n) is 7.28. The molecule has 1 saturated carbocycles. The first-order valence-electron chi connectivity index (χ1n) is 12.8. The van der Waals surface area contributed by atoms with Gasteiger partial charge in [0.15, 0.2) is 0 Å². The highest BCUT2D eigenvalue weighted by molar-refractivity contribution is 8.04. The maximum atomic E-state index is 13.8. The van der Waals surface area contributed by atoms with Crippen LogP contribution in [0.1, 0.15) is 59.6 Å². The zero-order valence-electron chi connectivity index (χ0n) is 20.4. The van der Waals surface area contributed by atoms with Crippen LogP contribution in [0, 0.1) is 11.8 Å². The average molecular weight is 499 g/mol. The lowest BCUT2D eigenvalue weighted by Crippen LogP contribution is -2.33. The van der Waals surface area contributed by atoms with Gasteiger partial charge in [-0.15, -0.1) is 11.8 Å². The van der Waals surface area contributed by atoms with Crippen LogP contribution >= 0.6 is 11.8 Å². The van der Waals surface area contributed by atoms with E-state index in [-0.39, 0.29) is 23.0 Å². The van der Waals surface area contributed by atoms with E-state index >= 15 is 0 Å². The molecule has 3 aliphatic heterocycles. The van der Waals surface area contributed by atoms with Crippen LogP contribution < -0.4 is 10.2 Å². The van der Waals surface area contributed by atoms with Crippen molar-refractivity contribution >= 4 is 35.5 Å². The number of nitrogens with one attached hydrogen (secondary N) is 1. The van der Waals surface area contributed by atoms with E-state index in [1.807, 2.05) is 53.7 Å². The number of hydrogen-bond acceptors (Lipinski definition) is 5. The van der Waals surface area contributed by atoms with Crippen molar-refractivity contribution in [1.82, 2.24) is 10.3 Å². The van der Waals surface area contributed by atoms with Gasteiger partial charge < -0.3 is 10.2 Å². The minimum absolute atomic E-state index is 0.0516. The predicted molar refractivity (Wildman–Crippen MR) is 144 cm³/mol. The number of anilines is 1. The molecule has 6 rings (SSSR count). The number of aromatic nitrogens is 1. The van der Waals surface area contributed by atoms with E-state index in [4.69, 9.17) is 4.98 Å². The highest BCUT2D eigenvalue weighted by Gasteiger charge is 2.39. The van der Waals surface area contributed by atoms with Crippen molar-refractivity contribution in [3.05, 3.63) is 82.2 Å². The fourth-order valence-electron chi connectivity index (χ4n) is 5.33. The molecule has 0 spiro atoms. The number of para-hydroxylation sites is 1. The largest absolute Gasteiger partial charge is 0.349 e. The molecule has 1 aromatic carbocycles. The summed E-state index contributed by atoms with van der Waals surface area (Å²) in [7, 11) is 0. The Kier molecular flexibility index (Phi) is 6.25. The summed E-state index contributed by atoms with van der Waals surface area (Å²) < 4.78 is 0. The SMILES string of the molecule is CC1=CN=CC(Cc2cccc(C(=O)N3CCC4C=C(C(=O)NC5CC5)SC4c4ccccc43)n2)C1. The van der Waals surface area contributed by atoms with Crippen molar-refractivity contribution < 1.29 is 9.59 Å². The first kappa shape index (κ1) is 23.2. The number of allylic oxidation sites excluding steroid dienone is 2. The molecule has 0 bridgehead atoms. The number of pyridine rings is 1. The first-order valence-corrected chi connectivity index (χ1v) is 13.7. The zero-order chi connectivity index (χ0) is 24.6. The molecule has 3 atom stereocenters. The predicted octanol–water partition coefficient (Wildman–Crippen LogP) is 5.24. The number of nitrogens with zero attached hydrogens (tertiary/aromatic N) is 3. The van der Waals surface area contributed by atoms with Crippen molar-refractivity contribution in [3.63, 3.8) is 0 Å². The fraction of sp³-hybridized carbons (Fsp3) is 0.379. The highest BCUT2D eigenvalue weighted by Crippen LogP contribution is 2.53. The number of benzene rings is 1. The smallest absolute Gasteiger partial charge is 0.276 e. The summed E-state index contributed by atoms with van der Waals surface area (Å²) in [6.07, 6.45) is 10.7. The number of thioether (sulfide) groups is 1. The third-order valence-corrected chi connectivity index (χ3v) is 8.72. The van der Waals surface area contributed by atoms with Gasteiger partial charge in [0, 0.05) is 47.6 Å². The number of amides is 2. The van der Waals surface area contributed by atoms with Crippen molar-refractivity contribution in [2.24, 2.45) is 16.8 Å². The van der Waals surface area contributed by atoms with Gasteiger partial charge in [-0.05, 0) is 68.7 Å². The molecule has 3 unspecified atom stereocenters. The summed E-state index contributed by atoms with van der Waals surface area (Å²) in [5.41, 5.74) is 4.69. The van der Waals surface area contributed by atoms with E-state index in [1.165, 1.54) is 5.57 Å². The van der Waals surface area contributed by atoms with Gasteiger partial charge >= 0.3 is 0 Å². The normalized spacial score (nSPS) is 24.8. The number of aliphatic imine (C=N–C) groups is 1. The molecule has 2 amide bonds. The second kappa shape index (κ2) is 9.69. The molecule has 0 saturated heterocycles. The minimum Gasteiger partial charge on any atom is -0.349 e. The molecule has 1 aromatic heterocycles. The molecule has 4 heterocycles. The molecular weight excluding hydrogens is 468 g/mol. The zero-order valence-corrected chi connectivity index (χ0v) is 21.2. The topological polar surface area (TPSA) is 74.7 Å². The molecular formula is C29H30N4O2S. The number of hydrogen-bond donors (Lipinski definition) is 1. The van der Waals surface area contributed by atoms with Gasteiger partial charge in [0.2, 0.25) is 0 Å². The van der Waals surface area contributed by atoms with Gasteiger partial charge in [0.1, 0.15) is 5.69 Å². The molecule has 184 valence electrons. The molecule has 7 heteroatoms. The van der Waals surface area contributed by atoms with Crippen LogP contribution in [0.4, 0.5) is 5.69 Å². The summed E-state index contributed by atoms with van der Waals surface area (Å²) in [5, 5.41) is 3.26. The van der Waals surface area contributed by atoms with Gasteiger partial charge in [0.05, 0.1) is 4.91 Å². The Morgan fingerprint density at radius 3 is 2.81 bits per heavy atom. The Morgan fingerprint density at radius 1 is 1.11 bits per heavy atom. The molecule has 6 nitrogen and oxygen atoms in total. The summed E-state index contributed by atoms with van der Waals surface area (Å²) in [6, 6.07) is 14.2. The Morgan fingerprint density at radius 2 is 1.97 bits per heavy atom. The minimum atomic E-state index is -0.0710. The van der Waals surface area contributed by atoms with E-state index < -0.39 is 0 Å². The molecule has 1 aliphatic carbocycles. The Balaban J connectivity index is 1.22. The Labute approximate surface area is 216 Å². The molecule has 0 radical (unpaired) electrons. The average Bonchev–Trinajstić information content (AvgIpc) is 3.62. The molecule has 1 N–H and O–H groups in total. The van der Waals surface area contributed by atoms with Crippen LogP contribution in [0.15, 0.2) is 70.2 Å². The van der Waals surface area contributed by atoms with Crippen LogP contribution in [-0.4, -0.2) is 35.6 Å². The van der Waals surface area contributed by atoms with Crippen LogP contribution in [0.5, 0.6) is 0 Å². The molecule has 36 heavy (non-hydrogen) atoms. The van der Waals surface area contributed by atoms with E-state index in [1.54, 1.807) is 11.8 Å². The van der Waals surface area contributed by atoms with Gasteiger partial charge in [-0.3, -0.25) is 14.6 Å². The summed E-state index contributed by atoms with van der Waals surface area (Å²) in [4.78, 5) is 38.3.